The van der Waals surface area contributed by atoms with E-state index in [0.29, 0.717) is 5.46 Å². The Morgan fingerprint density at radius 3 is 2.44 bits per heavy atom. The number of hydrogen-bond donors (Lipinski definition) is 1. The van der Waals surface area contributed by atoms with Crippen LogP contribution in [0.3, 0.4) is 0 Å². The van der Waals surface area contributed by atoms with Crippen LogP contribution in [0.15, 0.2) is 24.3 Å². The first-order valence-electron chi connectivity index (χ1n) is 2.79. The highest BCUT2D eigenvalue weighted by Crippen LogP contribution is 1.91. The van der Waals surface area contributed by atoms with Gasteiger partial charge >= 0.3 is 0 Å². The largest absolute Gasteiger partial charge is 0.392 e. The molecular formula is C7H7BO. The summed E-state index contributed by atoms with van der Waals surface area (Å²) in [7, 11) is 5.47. The van der Waals surface area contributed by atoms with E-state index < -0.39 is 0 Å². The van der Waals surface area contributed by atoms with Crippen molar-refractivity contribution in [2.24, 2.45) is 0 Å². The third-order valence-electron chi connectivity index (χ3n) is 1.23. The van der Waals surface area contributed by atoms with Gasteiger partial charge in [-0.3, -0.25) is 0 Å². The normalized spacial score (nSPS) is 9.44. The van der Waals surface area contributed by atoms with Crippen molar-refractivity contribution in [2.75, 3.05) is 0 Å². The molecular weight excluding hydrogens is 111 g/mol. The maximum atomic E-state index is 8.64. The molecule has 0 fully saturated rings. The van der Waals surface area contributed by atoms with Gasteiger partial charge in [0.15, 0.2) is 0 Å². The summed E-state index contributed by atoms with van der Waals surface area (Å²) < 4.78 is 0. The summed E-state index contributed by atoms with van der Waals surface area (Å²) in [6, 6.07) is 7.26. The number of rotatable bonds is 1. The van der Waals surface area contributed by atoms with Gasteiger partial charge in [-0.2, -0.15) is 0 Å². The maximum absolute atomic E-state index is 8.64. The van der Waals surface area contributed by atoms with Crippen LogP contribution < -0.4 is 5.46 Å². The van der Waals surface area contributed by atoms with Gasteiger partial charge in [0.05, 0.1) is 6.61 Å². The lowest BCUT2D eigenvalue weighted by atomic mass is 9.91. The minimum atomic E-state index is 0.0205. The molecule has 0 saturated carbocycles. The second-order valence-corrected chi connectivity index (χ2v) is 1.86. The standard InChI is InChI=1S/C7H7BO/c8-7-4-2-1-3-6(7)5-9/h1-4,9H,5H2. The third kappa shape index (κ3) is 1.33. The van der Waals surface area contributed by atoms with Gasteiger partial charge in [-0.1, -0.05) is 29.7 Å². The summed E-state index contributed by atoms with van der Waals surface area (Å²) in [6.07, 6.45) is 0. The molecule has 1 N–H and O–H groups in total. The predicted octanol–water partition coefficient (Wildman–Crippen LogP) is -0.0273. The van der Waals surface area contributed by atoms with Crippen molar-refractivity contribution in [2.45, 2.75) is 6.61 Å². The summed E-state index contributed by atoms with van der Waals surface area (Å²) in [5.74, 6) is 0. The fourth-order valence-electron chi connectivity index (χ4n) is 0.678. The number of aliphatic hydroxyl groups is 1. The summed E-state index contributed by atoms with van der Waals surface area (Å²) in [5, 5.41) is 8.64. The Morgan fingerprint density at radius 2 is 2.00 bits per heavy atom. The zero-order valence-electron chi connectivity index (χ0n) is 5.04. The van der Waals surface area contributed by atoms with Crippen molar-refractivity contribution >= 4 is 13.3 Å². The lowest BCUT2D eigenvalue weighted by molar-refractivity contribution is 0.283. The topological polar surface area (TPSA) is 20.2 Å². The number of benzene rings is 1. The molecule has 1 aromatic carbocycles. The maximum Gasteiger partial charge on any atom is 0.114 e. The number of hydrogen-bond acceptors (Lipinski definition) is 1. The van der Waals surface area contributed by atoms with Crippen molar-refractivity contribution in [1.82, 2.24) is 0 Å². The molecule has 2 radical (unpaired) electrons. The van der Waals surface area contributed by atoms with Crippen LogP contribution in [0.2, 0.25) is 0 Å². The summed E-state index contributed by atoms with van der Waals surface area (Å²) in [4.78, 5) is 0. The molecule has 9 heavy (non-hydrogen) atoms. The molecule has 0 unspecified atom stereocenters. The molecule has 2 heteroatoms. The second kappa shape index (κ2) is 2.69. The Morgan fingerprint density at radius 1 is 1.33 bits per heavy atom. The van der Waals surface area contributed by atoms with Crippen LogP contribution in [-0.4, -0.2) is 13.0 Å². The second-order valence-electron chi connectivity index (χ2n) is 1.86. The van der Waals surface area contributed by atoms with E-state index in [1.54, 1.807) is 12.1 Å². The Hall–Kier alpha value is -0.755. The first-order chi connectivity index (χ1) is 4.34. The number of aliphatic hydroxyl groups excluding tert-OH is 1. The molecule has 0 saturated heterocycles. The zero-order chi connectivity index (χ0) is 6.69. The van der Waals surface area contributed by atoms with E-state index >= 15 is 0 Å². The van der Waals surface area contributed by atoms with Crippen molar-refractivity contribution in [1.29, 1.82) is 0 Å². The van der Waals surface area contributed by atoms with Gasteiger partial charge in [0.25, 0.3) is 0 Å². The van der Waals surface area contributed by atoms with Crippen molar-refractivity contribution < 1.29 is 5.11 Å². The molecule has 0 aromatic heterocycles. The average Bonchev–Trinajstić information content (AvgIpc) is 1.89. The highest BCUT2D eigenvalue weighted by Gasteiger charge is 1.90. The Bertz CT molecular complexity index is 198. The Kier molecular flexibility index (Phi) is 1.90. The molecule has 0 amide bonds. The summed E-state index contributed by atoms with van der Waals surface area (Å²) >= 11 is 0. The molecule has 44 valence electrons. The molecule has 1 rings (SSSR count). The van der Waals surface area contributed by atoms with E-state index in [2.05, 4.69) is 0 Å². The Labute approximate surface area is 55.7 Å². The molecule has 0 aliphatic rings. The van der Waals surface area contributed by atoms with E-state index in [1.807, 2.05) is 12.1 Å². The van der Waals surface area contributed by atoms with E-state index in [-0.39, 0.29) is 6.61 Å². The van der Waals surface area contributed by atoms with Crippen LogP contribution in [0.1, 0.15) is 5.56 Å². The van der Waals surface area contributed by atoms with Crippen LogP contribution in [0, 0.1) is 0 Å². The van der Waals surface area contributed by atoms with Crippen molar-refractivity contribution in [3.8, 4) is 0 Å². The van der Waals surface area contributed by atoms with Gasteiger partial charge in [-0.05, 0) is 5.56 Å². The van der Waals surface area contributed by atoms with Gasteiger partial charge in [0, 0.05) is 0 Å². The molecule has 0 aliphatic carbocycles. The molecule has 0 bridgehead atoms. The van der Waals surface area contributed by atoms with Crippen LogP contribution in [0.5, 0.6) is 0 Å². The lowest BCUT2D eigenvalue weighted by Gasteiger charge is -1.98. The zero-order valence-corrected chi connectivity index (χ0v) is 5.04. The fraction of sp³-hybridized carbons (Fsp3) is 0.143. The smallest absolute Gasteiger partial charge is 0.114 e. The molecule has 1 aromatic rings. The third-order valence-corrected chi connectivity index (χ3v) is 1.23. The molecule has 1 nitrogen and oxygen atoms in total. The van der Waals surface area contributed by atoms with Crippen LogP contribution in [0.4, 0.5) is 0 Å². The lowest BCUT2D eigenvalue weighted by Crippen LogP contribution is -2.08. The minimum absolute atomic E-state index is 0.0205. The minimum Gasteiger partial charge on any atom is -0.392 e. The van der Waals surface area contributed by atoms with Crippen LogP contribution in [0.25, 0.3) is 0 Å². The van der Waals surface area contributed by atoms with Gasteiger partial charge in [0.2, 0.25) is 0 Å². The molecule has 0 spiro atoms. The van der Waals surface area contributed by atoms with Gasteiger partial charge in [-0.25, -0.2) is 0 Å². The molecule has 0 atom stereocenters. The summed E-state index contributed by atoms with van der Waals surface area (Å²) in [6.45, 7) is 0.0205. The van der Waals surface area contributed by atoms with Crippen LogP contribution in [-0.2, 0) is 6.61 Å². The monoisotopic (exact) mass is 118 g/mol. The van der Waals surface area contributed by atoms with E-state index in [9.17, 15) is 0 Å². The first kappa shape index (κ1) is 6.37. The van der Waals surface area contributed by atoms with E-state index in [0.717, 1.165) is 5.56 Å². The van der Waals surface area contributed by atoms with E-state index in [4.69, 9.17) is 13.0 Å². The molecule has 0 heterocycles. The van der Waals surface area contributed by atoms with E-state index in [1.165, 1.54) is 0 Å². The fourth-order valence-corrected chi connectivity index (χ4v) is 0.678. The van der Waals surface area contributed by atoms with Gasteiger partial charge in [0.1, 0.15) is 7.85 Å². The quantitative estimate of drug-likeness (QED) is 0.513. The Balaban J connectivity index is 3.01. The van der Waals surface area contributed by atoms with Gasteiger partial charge < -0.3 is 5.11 Å². The predicted molar refractivity (Wildman–Crippen MR) is 37.8 cm³/mol. The average molecular weight is 118 g/mol. The van der Waals surface area contributed by atoms with Gasteiger partial charge in [-0.15, -0.1) is 0 Å². The highest BCUT2D eigenvalue weighted by atomic mass is 16.3. The first-order valence-corrected chi connectivity index (χ1v) is 2.79. The SMILES string of the molecule is [B]c1ccccc1CO. The van der Waals surface area contributed by atoms with Crippen molar-refractivity contribution in [3.63, 3.8) is 0 Å². The van der Waals surface area contributed by atoms with Crippen LogP contribution >= 0.6 is 0 Å². The molecule has 0 aliphatic heterocycles. The highest BCUT2D eigenvalue weighted by molar-refractivity contribution is 6.33. The summed E-state index contributed by atoms with van der Waals surface area (Å²) in [5.41, 5.74) is 1.44. The van der Waals surface area contributed by atoms with Crippen molar-refractivity contribution in [3.05, 3.63) is 29.8 Å².